The highest BCUT2D eigenvalue weighted by Crippen LogP contribution is 2.43. The van der Waals surface area contributed by atoms with Crippen LogP contribution in [0.4, 0.5) is 0 Å². The molecule has 8 heteroatoms. The molecule has 1 unspecified atom stereocenters. The lowest BCUT2D eigenvalue weighted by atomic mass is 9.94. The Hall–Kier alpha value is -4.46. The lowest BCUT2D eigenvalue weighted by molar-refractivity contribution is -0.140. The average Bonchev–Trinajstić information content (AvgIpc) is 3.17. The molecule has 0 saturated carbocycles. The van der Waals surface area contributed by atoms with Gasteiger partial charge in [-0.05, 0) is 48.9 Å². The molecule has 0 bridgehead atoms. The molecule has 3 aromatic rings. The van der Waals surface area contributed by atoms with Gasteiger partial charge in [0.2, 0.25) is 0 Å². The number of para-hydroxylation sites is 1. The van der Waals surface area contributed by atoms with Crippen LogP contribution in [0.5, 0.6) is 23.0 Å². The molecule has 3 aromatic carbocycles. The molecule has 37 heavy (non-hydrogen) atoms. The minimum absolute atomic E-state index is 0.0555. The van der Waals surface area contributed by atoms with Crippen LogP contribution in [-0.4, -0.2) is 49.6 Å². The van der Waals surface area contributed by atoms with Crippen LogP contribution in [0.25, 0.3) is 5.76 Å². The number of likely N-dealkylation sites (tertiary alicyclic amines) is 1. The Morgan fingerprint density at radius 1 is 0.865 bits per heavy atom. The third-order valence-corrected chi connectivity index (χ3v) is 6.22. The van der Waals surface area contributed by atoms with Gasteiger partial charge in [0.05, 0.1) is 51.7 Å². The lowest BCUT2D eigenvalue weighted by Gasteiger charge is -2.26. The van der Waals surface area contributed by atoms with Crippen LogP contribution < -0.4 is 18.9 Å². The van der Waals surface area contributed by atoms with Crippen molar-refractivity contribution in [1.29, 1.82) is 0 Å². The van der Waals surface area contributed by atoms with Crippen molar-refractivity contribution in [3.63, 3.8) is 0 Å². The summed E-state index contributed by atoms with van der Waals surface area (Å²) < 4.78 is 21.9. The van der Waals surface area contributed by atoms with Gasteiger partial charge in [0.25, 0.3) is 11.7 Å². The molecule has 0 aromatic heterocycles. The Morgan fingerprint density at radius 3 is 2.32 bits per heavy atom. The van der Waals surface area contributed by atoms with E-state index < -0.39 is 17.7 Å². The van der Waals surface area contributed by atoms with Crippen LogP contribution in [0.15, 0.2) is 72.3 Å². The number of rotatable bonds is 9. The molecule has 4 rings (SSSR count). The van der Waals surface area contributed by atoms with E-state index in [0.29, 0.717) is 35.2 Å². The number of hydrogen-bond donors (Lipinski definition) is 1. The number of carbonyl (C=O) groups is 2. The molecule has 1 aliphatic rings. The zero-order chi connectivity index (χ0) is 26.5. The fourth-order valence-corrected chi connectivity index (χ4v) is 4.49. The van der Waals surface area contributed by atoms with E-state index in [-0.39, 0.29) is 23.4 Å². The standard InChI is InChI=1S/C29H29NO7/c1-5-37-21-11-8-10-18(15-21)26-25(27(31)22-16-20(34-2)13-14-24(22)36-4)28(32)29(33)30(26)17-19-9-6-7-12-23(19)35-3/h6-16,26,31H,5,17H2,1-4H3/b27-25+. The quantitative estimate of drug-likeness (QED) is 0.256. The molecule has 1 fully saturated rings. The number of benzene rings is 3. The summed E-state index contributed by atoms with van der Waals surface area (Å²) >= 11 is 0. The van der Waals surface area contributed by atoms with Crippen molar-refractivity contribution in [1.82, 2.24) is 4.90 Å². The summed E-state index contributed by atoms with van der Waals surface area (Å²) in [5.41, 5.74) is 1.52. The summed E-state index contributed by atoms with van der Waals surface area (Å²) in [4.78, 5) is 28.3. The van der Waals surface area contributed by atoms with Crippen LogP contribution in [0.2, 0.25) is 0 Å². The van der Waals surface area contributed by atoms with Crippen molar-refractivity contribution >= 4 is 17.4 Å². The average molecular weight is 504 g/mol. The number of aliphatic hydroxyl groups is 1. The van der Waals surface area contributed by atoms with Crippen molar-refractivity contribution in [3.8, 4) is 23.0 Å². The van der Waals surface area contributed by atoms with E-state index in [4.69, 9.17) is 18.9 Å². The molecular weight excluding hydrogens is 474 g/mol. The fraction of sp³-hybridized carbons (Fsp3) is 0.241. The van der Waals surface area contributed by atoms with Crippen LogP contribution in [0.3, 0.4) is 0 Å². The first-order valence-corrected chi connectivity index (χ1v) is 11.8. The third-order valence-electron chi connectivity index (χ3n) is 6.22. The molecule has 0 aliphatic carbocycles. The van der Waals surface area contributed by atoms with Gasteiger partial charge in [-0.25, -0.2) is 0 Å². The normalized spacial score (nSPS) is 16.5. The predicted octanol–water partition coefficient (Wildman–Crippen LogP) is 4.73. The fourth-order valence-electron chi connectivity index (χ4n) is 4.49. The molecule has 8 nitrogen and oxygen atoms in total. The van der Waals surface area contributed by atoms with Gasteiger partial charge >= 0.3 is 0 Å². The molecule has 1 saturated heterocycles. The van der Waals surface area contributed by atoms with Crippen molar-refractivity contribution in [3.05, 3.63) is 89.0 Å². The minimum Gasteiger partial charge on any atom is -0.507 e. The number of ether oxygens (including phenoxy) is 4. The first-order chi connectivity index (χ1) is 17.9. The number of nitrogens with zero attached hydrogens (tertiary/aromatic N) is 1. The number of aliphatic hydroxyl groups excluding tert-OH is 1. The topological polar surface area (TPSA) is 94.5 Å². The largest absolute Gasteiger partial charge is 0.507 e. The minimum atomic E-state index is -0.888. The SMILES string of the molecule is CCOc1cccc(C2/C(=C(\O)c3cc(OC)ccc3OC)C(=O)C(=O)N2Cc2ccccc2OC)c1. The van der Waals surface area contributed by atoms with E-state index >= 15 is 0 Å². The number of methoxy groups -OCH3 is 3. The second-order valence-electron chi connectivity index (χ2n) is 8.31. The maximum absolute atomic E-state index is 13.5. The first kappa shape index (κ1) is 25.6. The van der Waals surface area contributed by atoms with Gasteiger partial charge in [0.15, 0.2) is 0 Å². The number of amides is 1. The summed E-state index contributed by atoms with van der Waals surface area (Å²) in [6.45, 7) is 2.41. The van der Waals surface area contributed by atoms with Gasteiger partial charge in [-0.1, -0.05) is 30.3 Å². The van der Waals surface area contributed by atoms with E-state index in [0.717, 1.165) is 5.56 Å². The van der Waals surface area contributed by atoms with Crippen LogP contribution in [-0.2, 0) is 16.1 Å². The van der Waals surface area contributed by atoms with E-state index in [1.165, 1.54) is 19.1 Å². The molecule has 1 amide bonds. The van der Waals surface area contributed by atoms with Crippen LogP contribution >= 0.6 is 0 Å². The Bertz CT molecular complexity index is 1350. The van der Waals surface area contributed by atoms with Gasteiger partial charge in [0, 0.05) is 5.56 Å². The molecule has 0 radical (unpaired) electrons. The number of hydrogen-bond acceptors (Lipinski definition) is 7. The lowest BCUT2D eigenvalue weighted by Crippen LogP contribution is -2.29. The molecule has 1 heterocycles. The summed E-state index contributed by atoms with van der Waals surface area (Å²) in [6.07, 6.45) is 0. The summed E-state index contributed by atoms with van der Waals surface area (Å²) in [5, 5.41) is 11.5. The van der Waals surface area contributed by atoms with E-state index in [9.17, 15) is 14.7 Å². The van der Waals surface area contributed by atoms with E-state index in [2.05, 4.69) is 0 Å². The Balaban J connectivity index is 1.93. The summed E-state index contributed by atoms with van der Waals surface area (Å²) in [6, 6.07) is 18.4. The Kier molecular flexibility index (Phi) is 7.67. The summed E-state index contributed by atoms with van der Waals surface area (Å²) in [7, 11) is 4.50. The van der Waals surface area contributed by atoms with E-state index in [1.807, 2.05) is 25.1 Å². The van der Waals surface area contributed by atoms with Crippen molar-refractivity contribution in [2.45, 2.75) is 19.5 Å². The predicted molar refractivity (Wildman–Crippen MR) is 138 cm³/mol. The highest BCUT2D eigenvalue weighted by Gasteiger charge is 2.46. The van der Waals surface area contributed by atoms with Gasteiger partial charge in [-0.2, -0.15) is 0 Å². The van der Waals surface area contributed by atoms with Gasteiger partial charge in [-0.15, -0.1) is 0 Å². The molecular formula is C29H29NO7. The van der Waals surface area contributed by atoms with Gasteiger partial charge in [-0.3, -0.25) is 9.59 Å². The van der Waals surface area contributed by atoms with Crippen LogP contribution in [0.1, 0.15) is 29.7 Å². The van der Waals surface area contributed by atoms with Crippen molar-refractivity contribution < 1.29 is 33.6 Å². The molecule has 0 spiro atoms. The highest BCUT2D eigenvalue weighted by atomic mass is 16.5. The second-order valence-corrected chi connectivity index (χ2v) is 8.31. The zero-order valence-corrected chi connectivity index (χ0v) is 21.2. The monoisotopic (exact) mass is 503 g/mol. The van der Waals surface area contributed by atoms with Crippen molar-refractivity contribution in [2.24, 2.45) is 0 Å². The number of ketones is 1. The highest BCUT2D eigenvalue weighted by molar-refractivity contribution is 6.46. The smallest absolute Gasteiger partial charge is 0.295 e. The molecule has 1 N–H and O–H groups in total. The van der Waals surface area contributed by atoms with Crippen molar-refractivity contribution in [2.75, 3.05) is 27.9 Å². The zero-order valence-electron chi connectivity index (χ0n) is 21.2. The Morgan fingerprint density at radius 2 is 1.62 bits per heavy atom. The maximum Gasteiger partial charge on any atom is 0.295 e. The molecule has 192 valence electrons. The van der Waals surface area contributed by atoms with Gasteiger partial charge in [0.1, 0.15) is 28.8 Å². The Labute approximate surface area is 215 Å². The third kappa shape index (κ3) is 4.95. The van der Waals surface area contributed by atoms with E-state index in [1.54, 1.807) is 55.6 Å². The number of Topliss-reactive ketones (excluding diaryl/α,β-unsaturated/α-hetero) is 1. The number of carbonyl (C=O) groups excluding carboxylic acids is 2. The second kappa shape index (κ2) is 11.1. The first-order valence-electron chi connectivity index (χ1n) is 11.8. The maximum atomic E-state index is 13.5. The molecule has 1 aliphatic heterocycles. The summed E-state index contributed by atoms with van der Waals surface area (Å²) in [5.74, 6) is 0.0627. The van der Waals surface area contributed by atoms with Gasteiger partial charge < -0.3 is 29.0 Å². The molecule has 1 atom stereocenters. The van der Waals surface area contributed by atoms with Crippen LogP contribution in [0, 0.1) is 0 Å².